The average molecular weight is 386 g/mol. The molecular formula is C24H27N5. The number of aromatic nitrogens is 3. The minimum absolute atomic E-state index is 0.173. The number of hydrogen-bond donors (Lipinski definition) is 1. The van der Waals surface area contributed by atoms with Crippen LogP contribution in [0.4, 0.5) is 5.82 Å². The van der Waals surface area contributed by atoms with Crippen molar-refractivity contribution in [1.29, 1.82) is 0 Å². The summed E-state index contributed by atoms with van der Waals surface area (Å²) in [7, 11) is 0. The second-order valence-electron chi connectivity index (χ2n) is 8.49. The van der Waals surface area contributed by atoms with Crippen molar-refractivity contribution in [2.24, 2.45) is 10.7 Å². The second kappa shape index (κ2) is 6.92. The zero-order valence-corrected chi connectivity index (χ0v) is 17.3. The number of rotatable bonds is 3. The van der Waals surface area contributed by atoms with E-state index in [4.69, 9.17) is 10.7 Å². The molecule has 0 saturated carbocycles. The summed E-state index contributed by atoms with van der Waals surface area (Å²) < 4.78 is 2.06. The number of hydrogen-bond acceptors (Lipinski definition) is 4. The van der Waals surface area contributed by atoms with Crippen molar-refractivity contribution in [3.63, 3.8) is 0 Å². The van der Waals surface area contributed by atoms with Crippen LogP contribution in [0.1, 0.15) is 66.7 Å². The zero-order valence-electron chi connectivity index (χ0n) is 17.3. The lowest BCUT2D eigenvalue weighted by Gasteiger charge is -2.23. The molecule has 2 aromatic heterocycles. The van der Waals surface area contributed by atoms with Crippen LogP contribution >= 0.6 is 0 Å². The Kier molecular flexibility index (Phi) is 4.36. The molecule has 2 aliphatic rings. The maximum atomic E-state index is 6.31. The van der Waals surface area contributed by atoms with Gasteiger partial charge in [-0.2, -0.15) is 5.10 Å². The Bertz CT molecular complexity index is 1120. The molecule has 2 N–H and O–H groups in total. The number of pyridine rings is 1. The highest BCUT2D eigenvalue weighted by Crippen LogP contribution is 2.38. The Morgan fingerprint density at radius 1 is 1.17 bits per heavy atom. The van der Waals surface area contributed by atoms with Crippen molar-refractivity contribution in [1.82, 2.24) is 14.8 Å². The molecule has 1 atom stereocenters. The SMILES string of the molecule is Cc1c(C2=Nc3nccc(-c4ccc5c(c4)CCCC5N)c3C2)cnn1C(C)C. The fourth-order valence-corrected chi connectivity index (χ4v) is 4.76. The number of aryl methyl sites for hydroxylation is 1. The molecule has 1 aliphatic heterocycles. The molecule has 3 aromatic rings. The van der Waals surface area contributed by atoms with Crippen LogP contribution in [-0.4, -0.2) is 20.5 Å². The third kappa shape index (κ3) is 3.01. The van der Waals surface area contributed by atoms with E-state index in [1.54, 1.807) is 0 Å². The minimum Gasteiger partial charge on any atom is -0.324 e. The molecular weight excluding hydrogens is 358 g/mol. The maximum Gasteiger partial charge on any atom is 0.156 e. The molecule has 1 unspecified atom stereocenters. The van der Waals surface area contributed by atoms with Gasteiger partial charge in [-0.3, -0.25) is 4.68 Å². The van der Waals surface area contributed by atoms with Gasteiger partial charge in [0, 0.05) is 41.5 Å². The van der Waals surface area contributed by atoms with Gasteiger partial charge in [-0.1, -0.05) is 18.2 Å². The second-order valence-corrected chi connectivity index (χ2v) is 8.49. The van der Waals surface area contributed by atoms with E-state index in [-0.39, 0.29) is 6.04 Å². The highest BCUT2D eigenvalue weighted by molar-refractivity contribution is 6.07. The van der Waals surface area contributed by atoms with Crippen LogP contribution in [0, 0.1) is 6.92 Å². The number of aliphatic imine (C=N–C) groups is 1. The van der Waals surface area contributed by atoms with Crippen LogP contribution < -0.4 is 5.73 Å². The molecule has 5 nitrogen and oxygen atoms in total. The van der Waals surface area contributed by atoms with E-state index in [0.29, 0.717) is 6.04 Å². The fraction of sp³-hybridized carbons (Fsp3) is 0.375. The smallest absolute Gasteiger partial charge is 0.156 e. The number of benzene rings is 1. The van der Waals surface area contributed by atoms with E-state index in [2.05, 4.69) is 59.8 Å². The van der Waals surface area contributed by atoms with Gasteiger partial charge in [-0.25, -0.2) is 9.98 Å². The summed E-state index contributed by atoms with van der Waals surface area (Å²) in [5, 5.41) is 4.56. The Morgan fingerprint density at radius 3 is 2.83 bits per heavy atom. The van der Waals surface area contributed by atoms with Gasteiger partial charge in [-0.05, 0) is 68.4 Å². The molecule has 1 aliphatic carbocycles. The van der Waals surface area contributed by atoms with Crippen LogP contribution in [0.3, 0.4) is 0 Å². The first-order valence-electron chi connectivity index (χ1n) is 10.5. The highest BCUT2D eigenvalue weighted by Gasteiger charge is 2.25. The van der Waals surface area contributed by atoms with Gasteiger partial charge in [0.1, 0.15) is 0 Å². The van der Waals surface area contributed by atoms with Gasteiger partial charge in [0.25, 0.3) is 0 Å². The van der Waals surface area contributed by atoms with E-state index in [9.17, 15) is 0 Å². The van der Waals surface area contributed by atoms with Gasteiger partial charge in [0.05, 0.1) is 11.9 Å². The lowest BCUT2D eigenvalue weighted by molar-refractivity contribution is 0.519. The first-order chi connectivity index (χ1) is 14.0. The predicted octanol–water partition coefficient (Wildman–Crippen LogP) is 4.85. The van der Waals surface area contributed by atoms with Crippen LogP contribution in [0.5, 0.6) is 0 Å². The lowest BCUT2D eigenvalue weighted by Crippen LogP contribution is -2.17. The minimum atomic E-state index is 0.173. The maximum absolute atomic E-state index is 6.31. The van der Waals surface area contributed by atoms with E-state index in [0.717, 1.165) is 42.0 Å². The first kappa shape index (κ1) is 18.3. The summed E-state index contributed by atoms with van der Waals surface area (Å²) in [6.07, 6.45) is 7.96. The van der Waals surface area contributed by atoms with Gasteiger partial charge in [0.2, 0.25) is 0 Å². The Morgan fingerprint density at radius 2 is 2.03 bits per heavy atom. The van der Waals surface area contributed by atoms with Gasteiger partial charge >= 0.3 is 0 Å². The van der Waals surface area contributed by atoms with Crippen LogP contribution in [0.15, 0.2) is 41.7 Å². The molecule has 3 heterocycles. The van der Waals surface area contributed by atoms with E-state index in [1.165, 1.54) is 34.2 Å². The largest absolute Gasteiger partial charge is 0.324 e. The summed E-state index contributed by atoms with van der Waals surface area (Å²) in [4.78, 5) is 9.43. The Balaban J connectivity index is 1.51. The summed E-state index contributed by atoms with van der Waals surface area (Å²) >= 11 is 0. The molecule has 0 saturated heterocycles. The molecule has 1 aromatic carbocycles. The quantitative estimate of drug-likeness (QED) is 0.701. The summed E-state index contributed by atoms with van der Waals surface area (Å²) in [5.74, 6) is 0.837. The topological polar surface area (TPSA) is 69.1 Å². The third-order valence-corrected chi connectivity index (χ3v) is 6.28. The number of nitrogens with zero attached hydrogens (tertiary/aromatic N) is 4. The van der Waals surface area contributed by atoms with Crippen molar-refractivity contribution >= 4 is 11.5 Å². The molecule has 0 radical (unpaired) electrons. The summed E-state index contributed by atoms with van der Waals surface area (Å²) in [5.41, 5.74) is 16.0. The first-order valence-corrected chi connectivity index (χ1v) is 10.5. The van der Waals surface area contributed by atoms with Crippen molar-refractivity contribution < 1.29 is 0 Å². The van der Waals surface area contributed by atoms with E-state index < -0.39 is 0 Å². The average Bonchev–Trinajstić information content (AvgIpc) is 3.30. The standard InChI is InChI=1S/C24H27N5/c1-14(2)29-15(3)21(13-27-29)23-12-20-18(9-10-26-24(20)28-23)17-7-8-19-16(11-17)5-4-6-22(19)25/h7-11,13-14,22H,4-6,12,25H2,1-3H3. The fourth-order valence-electron chi connectivity index (χ4n) is 4.76. The summed E-state index contributed by atoms with van der Waals surface area (Å²) in [6, 6.07) is 9.38. The Hall–Kier alpha value is -2.79. The number of nitrogens with two attached hydrogens (primary N) is 1. The van der Waals surface area contributed by atoms with Gasteiger partial charge in [-0.15, -0.1) is 0 Å². The molecule has 148 valence electrons. The number of fused-ring (bicyclic) bond motifs is 2. The van der Waals surface area contributed by atoms with Crippen LogP contribution in [0.25, 0.3) is 11.1 Å². The third-order valence-electron chi connectivity index (χ3n) is 6.28. The van der Waals surface area contributed by atoms with Crippen molar-refractivity contribution in [2.45, 2.75) is 58.5 Å². The van der Waals surface area contributed by atoms with Gasteiger partial charge in [0.15, 0.2) is 5.82 Å². The Labute approximate surface area is 171 Å². The molecule has 5 heteroatoms. The molecule has 0 spiro atoms. The van der Waals surface area contributed by atoms with Crippen molar-refractivity contribution in [3.8, 4) is 11.1 Å². The van der Waals surface area contributed by atoms with E-state index >= 15 is 0 Å². The van der Waals surface area contributed by atoms with Gasteiger partial charge < -0.3 is 5.73 Å². The monoisotopic (exact) mass is 385 g/mol. The van der Waals surface area contributed by atoms with Crippen LogP contribution in [0.2, 0.25) is 0 Å². The normalized spacial score (nSPS) is 18.0. The molecule has 29 heavy (non-hydrogen) atoms. The highest BCUT2D eigenvalue weighted by atomic mass is 15.3. The van der Waals surface area contributed by atoms with Crippen molar-refractivity contribution in [2.75, 3.05) is 0 Å². The van der Waals surface area contributed by atoms with E-state index in [1.807, 2.05) is 12.4 Å². The van der Waals surface area contributed by atoms with Crippen LogP contribution in [-0.2, 0) is 12.8 Å². The lowest BCUT2D eigenvalue weighted by atomic mass is 9.85. The molecule has 0 amide bonds. The predicted molar refractivity (Wildman–Crippen MR) is 117 cm³/mol. The molecule has 0 fully saturated rings. The molecule has 5 rings (SSSR count). The summed E-state index contributed by atoms with van der Waals surface area (Å²) in [6.45, 7) is 6.42. The molecule has 0 bridgehead atoms. The van der Waals surface area contributed by atoms with Crippen molar-refractivity contribution in [3.05, 3.63) is 64.6 Å². The zero-order chi connectivity index (χ0) is 20.1.